The van der Waals surface area contributed by atoms with Crippen molar-refractivity contribution in [2.24, 2.45) is 5.10 Å². The summed E-state index contributed by atoms with van der Waals surface area (Å²) < 4.78 is 5.75. The fourth-order valence-corrected chi connectivity index (χ4v) is 2.15. The van der Waals surface area contributed by atoms with Gasteiger partial charge >= 0.3 is 17.8 Å². The van der Waals surface area contributed by atoms with Crippen LogP contribution < -0.4 is 15.5 Å². The zero-order valence-corrected chi connectivity index (χ0v) is 15.3. The maximum Gasteiger partial charge on any atom is 0.335 e. The van der Waals surface area contributed by atoms with Crippen molar-refractivity contribution in [3.05, 3.63) is 65.2 Å². The molecule has 8 nitrogen and oxygen atoms in total. The van der Waals surface area contributed by atoms with Gasteiger partial charge < -0.3 is 15.2 Å². The molecule has 0 spiro atoms. The number of amides is 2. The minimum atomic E-state index is -0.987. The number of nitrogens with one attached hydrogen (secondary N) is 2. The Balaban J connectivity index is 1.95. The summed E-state index contributed by atoms with van der Waals surface area (Å²) in [6.07, 6.45) is 2.11. The Kier molecular flexibility index (Phi) is 7.71. The Labute approximate surface area is 162 Å². The second-order valence-electron chi connectivity index (χ2n) is 5.78. The molecule has 8 heteroatoms. The lowest BCUT2D eigenvalue weighted by Gasteiger charge is -2.09. The van der Waals surface area contributed by atoms with Crippen molar-refractivity contribution < 1.29 is 24.2 Å². The van der Waals surface area contributed by atoms with Gasteiger partial charge in [-0.1, -0.05) is 31.2 Å². The van der Waals surface area contributed by atoms with Crippen molar-refractivity contribution in [1.82, 2.24) is 10.7 Å². The van der Waals surface area contributed by atoms with Gasteiger partial charge in [0.25, 0.3) is 0 Å². The van der Waals surface area contributed by atoms with Crippen LogP contribution in [0, 0.1) is 0 Å². The molecule has 0 unspecified atom stereocenters. The zero-order valence-electron chi connectivity index (χ0n) is 15.3. The van der Waals surface area contributed by atoms with Crippen molar-refractivity contribution >= 4 is 24.0 Å². The number of carbonyl (C=O) groups is 3. The van der Waals surface area contributed by atoms with Crippen LogP contribution in [0.25, 0.3) is 0 Å². The van der Waals surface area contributed by atoms with Gasteiger partial charge in [-0.2, -0.15) is 5.10 Å². The summed E-state index contributed by atoms with van der Waals surface area (Å²) in [5.41, 5.74) is 3.78. The predicted molar refractivity (Wildman–Crippen MR) is 103 cm³/mol. The maximum atomic E-state index is 11.6. The summed E-state index contributed by atoms with van der Waals surface area (Å²) in [5, 5.41) is 15.2. The van der Waals surface area contributed by atoms with Crippen LogP contribution in [0.15, 0.2) is 53.6 Å². The summed E-state index contributed by atoms with van der Waals surface area (Å²) in [6.45, 7) is 2.53. The molecule has 2 amide bonds. The van der Waals surface area contributed by atoms with E-state index in [0.29, 0.717) is 17.9 Å². The Hall–Kier alpha value is -3.68. The van der Waals surface area contributed by atoms with Gasteiger partial charge in [0, 0.05) is 12.1 Å². The molecule has 28 heavy (non-hydrogen) atoms. The Bertz CT molecular complexity index is 862. The fraction of sp³-hybridized carbons (Fsp3) is 0.200. The summed E-state index contributed by atoms with van der Waals surface area (Å²) in [4.78, 5) is 34.0. The Morgan fingerprint density at radius 1 is 1.07 bits per heavy atom. The van der Waals surface area contributed by atoms with Crippen LogP contribution in [0.5, 0.6) is 5.75 Å². The minimum absolute atomic E-state index is 0.204. The second-order valence-corrected chi connectivity index (χ2v) is 5.78. The first-order valence-corrected chi connectivity index (χ1v) is 8.66. The highest BCUT2D eigenvalue weighted by Crippen LogP contribution is 2.18. The van der Waals surface area contributed by atoms with E-state index in [1.54, 1.807) is 36.4 Å². The highest BCUT2D eigenvalue weighted by atomic mass is 16.5. The molecule has 0 bridgehead atoms. The van der Waals surface area contributed by atoms with Gasteiger partial charge in [0.15, 0.2) is 0 Å². The molecule has 0 heterocycles. The van der Waals surface area contributed by atoms with E-state index in [-0.39, 0.29) is 12.2 Å². The number of hydrazone groups is 1. The van der Waals surface area contributed by atoms with E-state index in [1.165, 1.54) is 18.3 Å². The quantitative estimate of drug-likeness (QED) is 0.366. The number of rotatable bonds is 8. The van der Waals surface area contributed by atoms with Gasteiger partial charge in [0.2, 0.25) is 0 Å². The first-order valence-electron chi connectivity index (χ1n) is 8.66. The number of para-hydroxylation sites is 1. The highest BCUT2D eigenvalue weighted by molar-refractivity contribution is 6.35. The smallest absolute Gasteiger partial charge is 0.335 e. The molecule has 0 fully saturated rings. The average Bonchev–Trinajstić information content (AvgIpc) is 2.71. The third kappa shape index (κ3) is 6.24. The van der Waals surface area contributed by atoms with Crippen LogP contribution in [-0.2, 0) is 16.2 Å². The average molecular weight is 383 g/mol. The molecular weight excluding hydrogens is 362 g/mol. The topological polar surface area (TPSA) is 117 Å². The van der Waals surface area contributed by atoms with E-state index in [1.807, 2.05) is 6.92 Å². The monoisotopic (exact) mass is 383 g/mol. The molecule has 2 aromatic rings. The lowest BCUT2D eigenvalue weighted by atomic mass is 10.1. The number of nitrogens with zero attached hydrogens (tertiary/aromatic N) is 1. The number of carbonyl (C=O) groups excluding carboxylic acids is 2. The molecule has 0 aliphatic carbocycles. The lowest BCUT2D eigenvalue weighted by Crippen LogP contribution is -2.38. The third-order valence-corrected chi connectivity index (χ3v) is 3.63. The molecule has 0 saturated carbocycles. The van der Waals surface area contributed by atoms with Crippen LogP contribution in [0.3, 0.4) is 0 Å². The lowest BCUT2D eigenvalue weighted by molar-refractivity contribution is -0.139. The molecule has 0 atom stereocenters. The van der Waals surface area contributed by atoms with Crippen LogP contribution >= 0.6 is 0 Å². The summed E-state index contributed by atoms with van der Waals surface area (Å²) in [7, 11) is 0. The minimum Gasteiger partial charge on any atom is -0.488 e. The van der Waals surface area contributed by atoms with Gasteiger partial charge in [-0.25, -0.2) is 10.2 Å². The number of carboxylic acids is 1. The van der Waals surface area contributed by atoms with Gasteiger partial charge in [0.05, 0.1) is 11.8 Å². The van der Waals surface area contributed by atoms with Crippen molar-refractivity contribution in [2.45, 2.75) is 20.0 Å². The van der Waals surface area contributed by atoms with Crippen molar-refractivity contribution in [3.8, 4) is 5.75 Å². The Morgan fingerprint density at radius 2 is 1.79 bits per heavy atom. The first-order chi connectivity index (χ1) is 13.5. The van der Waals surface area contributed by atoms with Crippen LogP contribution in [0.1, 0.15) is 34.8 Å². The van der Waals surface area contributed by atoms with Gasteiger partial charge in [0.1, 0.15) is 12.4 Å². The second kappa shape index (κ2) is 10.5. The number of aromatic carboxylic acids is 1. The molecule has 2 rings (SSSR count). The number of hydrogen-bond donors (Lipinski definition) is 3. The number of ether oxygens (including phenoxy) is 1. The summed E-state index contributed by atoms with van der Waals surface area (Å²) in [5.74, 6) is -2.05. The molecule has 0 saturated heterocycles. The van der Waals surface area contributed by atoms with E-state index in [9.17, 15) is 14.4 Å². The highest BCUT2D eigenvalue weighted by Gasteiger charge is 2.11. The SMILES string of the molecule is CCCNC(=O)C(=O)N/N=C\c1ccccc1OCc1ccc(C(=O)O)cc1. The Morgan fingerprint density at radius 3 is 2.46 bits per heavy atom. The molecule has 0 aliphatic heterocycles. The molecule has 0 aromatic heterocycles. The normalized spacial score (nSPS) is 10.5. The van der Waals surface area contributed by atoms with Gasteiger partial charge in [-0.05, 0) is 36.2 Å². The van der Waals surface area contributed by atoms with E-state index in [4.69, 9.17) is 9.84 Å². The third-order valence-electron chi connectivity index (χ3n) is 3.63. The number of benzene rings is 2. The molecule has 2 aromatic carbocycles. The number of carboxylic acid groups (broad SMARTS) is 1. The van der Waals surface area contributed by atoms with Crippen molar-refractivity contribution in [2.75, 3.05) is 6.54 Å². The molecular formula is C20H21N3O5. The van der Waals surface area contributed by atoms with Gasteiger partial charge in [-0.15, -0.1) is 0 Å². The van der Waals surface area contributed by atoms with Crippen LogP contribution in [0.4, 0.5) is 0 Å². The van der Waals surface area contributed by atoms with Crippen molar-refractivity contribution in [3.63, 3.8) is 0 Å². The van der Waals surface area contributed by atoms with Crippen LogP contribution in [-0.4, -0.2) is 35.6 Å². The van der Waals surface area contributed by atoms with E-state index in [0.717, 1.165) is 12.0 Å². The molecule has 0 radical (unpaired) electrons. The van der Waals surface area contributed by atoms with E-state index in [2.05, 4.69) is 15.8 Å². The fourth-order valence-electron chi connectivity index (χ4n) is 2.15. The summed E-state index contributed by atoms with van der Waals surface area (Å²) >= 11 is 0. The first kappa shape index (κ1) is 20.6. The molecule has 3 N–H and O–H groups in total. The van der Waals surface area contributed by atoms with E-state index >= 15 is 0 Å². The van der Waals surface area contributed by atoms with E-state index < -0.39 is 17.8 Å². The van der Waals surface area contributed by atoms with Crippen molar-refractivity contribution in [1.29, 1.82) is 0 Å². The molecule has 146 valence electrons. The zero-order chi connectivity index (χ0) is 20.4. The summed E-state index contributed by atoms with van der Waals surface area (Å²) in [6, 6.07) is 13.4. The molecule has 0 aliphatic rings. The predicted octanol–water partition coefficient (Wildman–Crippen LogP) is 1.94. The largest absolute Gasteiger partial charge is 0.488 e. The standard InChI is InChI=1S/C20H21N3O5/c1-2-11-21-18(24)19(25)23-22-12-16-5-3-4-6-17(16)28-13-14-7-9-15(10-8-14)20(26)27/h3-10,12H,2,11,13H2,1H3,(H,21,24)(H,23,25)(H,26,27)/b22-12-. The maximum absolute atomic E-state index is 11.6. The van der Waals surface area contributed by atoms with Gasteiger partial charge in [-0.3, -0.25) is 9.59 Å². The number of hydrogen-bond acceptors (Lipinski definition) is 5. The van der Waals surface area contributed by atoms with Crippen LogP contribution in [0.2, 0.25) is 0 Å².